The molecule has 21 heavy (non-hydrogen) atoms. The molecule has 4 heteroatoms. The minimum Gasteiger partial charge on any atom is -0.497 e. The zero-order valence-corrected chi connectivity index (χ0v) is 12.8. The number of hydrogen-bond donors (Lipinski definition) is 2. The molecular formula is C17H18N2OS. The lowest BCUT2D eigenvalue weighted by Crippen LogP contribution is -2.12. The minimum absolute atomic E-state index is 0.376. The van der Waals surface area contributed by atoms with Crippen molar-refractivity contribution in [2.24, 2.45) is 5.73 Å². The van der Waals surface area contributed by atoms with Gasteiger partial charge < -0.3 is 15.8 Å². The van der Waals surface area contributed by atoms with Crippen molar-refractivity contribution in [2.75, 3.05) is 12.4 Å². The van der Waals surface area contributed by atoms with Crippen LogP contribution >= 0.6 is 12.2 Å². The maximum atomic E-state index is 5.80. The van der Waals surface area contributed by atoms with Gasteiger partial charge in [0.15, 0.2) is 0 Å². The summed E-state index contributed by atoms with van der Waals surface area (Å²) < 4.78 is 5.28. The first-order valence-corrected chi connectivity index (χ1v) is 7.45. The van der Waals surface area contributed by atoms with Crippen molar-refractivity contribution < 1.29 is 4.74 Å². The molecule has 108 valence electrons. The van der Waals surface area contributed by atoms with Crippen LogP contribution in [0, 0.1) is 0 Å². The third-order valence-electron chi connectivity index (χ3n) is 3.87. The van der Waals surface area contributed by atoms with Gasteiger partial charge >= 0.3 is 0 Å². The van der Waals surface area contributed by atoms with E-state index in [0.29, 0.717) is 4.99 Å². The first kappa shape index (κ1) is 13.9. The van der Waals surface area contributed by atoms with E-state index >= 15 is 0 Å². The Morgan fingerprint density at radius 2 is 1.95 bits per heavy atom. The van der Waals surface area contributed by atoms with Crippen LogP contribution in [0.3, 0.4) is 0 Å². The van der Waals surface area contributed by atoms with Crippen LogP contribution in [0.25, 0.3) is 0 Å². The second kappa shape index (κ2) is 5.74. The molecule has 1 aliphatic rings. The number of aryl methyl sites for hydroxylation is 2. The van der Waals surface area contributed by atoms with Gasteiger partial charge in [-0.05, 0) is 54.7 Å². The summed E-state index contributed by atoms with van der Waals surface area (Å²) >= 11 is 5.12. The summed E-state index contributed by atoms with van der Waals surface area (Å²) in [6.07, 6.45) is 3.59. The number of hydrogen-bond acceptors (Lipinski definition) is 3. The number of anilines is 2. The quantitative estimate of drug-likeness (QED) is 0.847. The molecule has 0 unspecified atom stereocenters. The summed E-state index contributed by atoms with van der Waals surface area (Å²) in [4.78, 5) is 0.376. The fraction of sp³-hybridized carbons (Fsp3) is 0.235. The predicted molar refractivity (Wildman–Crippen MR) is 90.6 cm³/mol. The van der Waals surface area contributed by atoms with E-state index in [2.05, 4.69) is 23.5 Å². The summed E-state index contributed by atoms with van der Waals surface area (Å²) in [6, 6.07) is 12.2. The van der Waals surface area contributed by atoms with Crippen molar-refractivity contribution in [3.8, 4) is 5.75 Å². The molecular weight excluding hydrogens is 280 g/mol. The number of nitrogens with one attached hydrogen (secondary N) is 1. The van der Waals surface area contributed by atoms with E-state index in [4.69, 9.17) is 22.7 Å². The van der Waals surface area contributed by atoms with Gasteiger partial charge in [-0.25, -0.2) is 0 Å². The largest absolute Gasteiger partial charge is 0.497 e. The lowest BCUT2D eigenvalue weighted by molar-refractivity contribution is 0.415. The van der Waals surface area contributed by atoms with Gasteiger partial charge in [-0.2, -0.15) is 0 Å². The van der Waals surface area contributed by atoms with Gasteiger partial charge in [0.1, 0.15) is 10.7 Å². The smallest absolute Gasteiger partial charge is 0.120 e. The predicted octanol–water partition coefficient (Wildman–Crippen LogP) is 3.56. The second-order valence-electron chi connectivity index (χ2n) is 5.24. The molecule has 0 heterocycles. The van der Waals surface area contributed by atoms with E-state index in [9.17, 15) is 0 Å². The Morgan fingerprint density at radius 1 is 1.14 bits per heavy atom. The molecule has 0 bridgehead atoms. The van der Waals surface area contributed by atoms with E-state index in [1.54, 1.807) is 7.11 Å². The normalized spacial score (nSPS) is 12.8. The zero-order chi connectivity index (χ0) is 14.8. The molecule has 3 nitrogen and oxygen atoms in total. The van der Waals surface area contributed by atoms with E-state index in [1.165, 1.54) is 24.0 Å². The Kier molecular flexibility index (Phi) is 3.80. The molecule has 2 aromatic rings. The Morgan fingerprint density at radius 3 is 2.71 bits per heavy atom. The highest BCUT2D eigenvalue weighted by Gasteiger charge is 2.12. The van der Waals surface area contributed by atoms with Gasteiger partial charge in [0.2, 0.25) is 0 Å². The highest BCUT2D eigenvalue weighted by Crippen LogP contribution is 2.29. The van der Waals surface area contributed by atoms with Gasteiger partial charge in [0, 0.05) is 17.3 Å². The molecule has 0 fully saturated rings. The van der Waals surface area contributed by atoms with Gasteiger partial charge in [0.25, 0.3) is 0 Å². The average molecular weight is 298 g/mol. The number of ether oxygens (including phenoxy) is 1. The molecule has 0 aromatic heterocycles. The van der Waals surface area contributed by atoms with Crippen LogP contribution in [-0.4, -0.2) is 12.1 Å². The Hall–Kier alpha value is -2.07. The van der Waals surface area contributed by atoms with Gasteiger partial charge in [-0.1, -0.05) is 18.3 Å². The molecule has 1 aliphatic carbocycles. The fourth-order valence-electron chi connectivity index (χ4n) is 2.77. The van der Waals surface area contributed by atoms with Crippen LogP contribution in [0.5, 0.6) is 5.75 Å². The van der Waals surface area contributed by atoms with E-state index in [-0.39, 0.29) is 0 Å². The summed E-state index contributed by atoms with van der Waals surface area (Å²) in [7, 11) is 1.65. The lowest BCUT2D eigenvalue weighted by Gasteiger charge is -2.14. The topological polar surface area (TPSA) is 47.3 Å². The first-order chi connectivity index (χ1) is 10.2. The zero-order valence-electron chi connectivity index (χ0n) is 12.0. The standard InChI is InChI=1S/C17H18N2OS/c1-20-14-7-8-15(17(18)21)16(10-14)19-13-6-5-11-3-2-4-12(11)9-13/h5-10,19H,2-4H2,1H3,(H2,18,21). The third-order valence-corrected chi connectivity index (χ3v) is 4.09. The highest BCUT2D eigenvalue weighted by molar-refractivity contribution is 7.80. The van der Waals surface area contributed by atoms with E-state index in [0.717, 1.165) is 29.1 Å². The Labute approximate surface area is 130 Å². The van der Waals surface area contributed by atoms with Crippen molar-refractivity contribution in [1.82, 2.24) is 0 Å². The molecule has 0 spiro atoms. The molecule has 0 saturated carbocycles. The van der Waals surface area contributed by atoms with Crippen LogP contribution in [0.4, 0.5) is 11.4 Å². The molecule has 0 atom stereocenters. The van der Waals surface area contributed by atoms with Crippen molar-refractivity contribution in [1.29, 1.82) is 0 Å². The Balaban J connectivity index is 1.95. The van der Waals surface area contributed by atoms with Gasteiger partial charge in [-0.15, -0.1) is 0 Å². The SMILES string of the molecule is COc1ccc(C(N)=S)c(Nc2ccc3c(c2)CCC3)c1. The summed E-state index contributed by atoms with van der Waals surface area (Å²) in [6.45, 7) is 0. The molecule has 0 amide bonds. The fourth-order valence-corrected chi connectivity index (χ4v) is 2.95. The van der Waals surface area contributed by atoms with Crippen LogP contribution in [0.1, 0.15) is 23.1 Å². The third kappa shape index (κ3) is 2.85. The maximum absolute atomic E-state index is 5.80. The monoisotopic (exact) mass is 298 g/mol. The van der Waals surface area contributed by atoms with Gasteiger partial charge in [0.05, 0.1) is 12.8 Å². The second-order valence-corrected chi connectivity index (χ2v) is 5.68. The van der Waals surface area contributed by atoms with E-state index in [1.807, 2.05) is 18.2 Å². The highest BCUT2D eigenvalue weighted by atomic mass is 32.1. The van der Waals surface area contributed by atoms with Gasteiger partial charge in [-0.3, -0.25) is 0 Å². The van der Waals surface area contributed by atoms with Crippen molar-refractivity contribution in [2.45, 2.75) is 19.3 Å². The minimum atomic E-state index is 0.376. The van der Waals surface area contributed by atoms with Crippen molar-refractivity contribution in [3.05, 3.63) is 53.1 Å². The number of nitrogens with two attached hydrogens (primary N) is 1. The van der Waals surface area contributed by atoms with Crippen LogP contribution in [-0.2, 0) is 12.8 Å². The summed E-state index contributed by atoms with van der Waals surface area (Å²) in [5.74, 6) is 0.777. The number of thiocarbonyl (C=S) groups is 1. The first-order valence-electron chi connectivity index (χ1n) is 7.04. The molecule has 2 aromatic carbocycles. The van der Waals surface area contributed by atoms with Crippen LogP contribution < -0.4 is 15.8 Å². The summed E-state index contributed by atoms with van der Waals surface area (Å²) in [5.41, 5.74) is 11.4. The van der Waals surface area contributed by atoms with Crippen molar-refractivity contribution >= 4 is 28.6 Å². The number of fused-ring (bicyclic) bond motifs is 1. The van der Waals surface area contributed by atoms with Crippen LogP contribution in [0.15, 0.2) is 36.4 Å². The van der Waals surface area contributed by atoms with E-state index < -0.39 is 0 Å². The molecule has 0 radical (unpaired) electrons. The lowest BCUT2D eigenvalue weighted by atomic mass is 10.1. The molecule has 0 aliphatic heterocycles. The average Bonchev–Trinajstić information content (AvgIpc) is 2.94. The van der Waals surface area contributed by atoms with Crippen LogP contribution in [0.2, 0.25) is 0 Å². The molecule has 0 saturated heterocycles. The summed E-state index contributed by atoms with van der Waals surface area (Å²) in [5, 5.41) is 3.41. The molecule has 3 N–H and O–H groups in total. The molecule has 3 rings (SSSR count). The number of rotatable bonds is 4. The Bertz CT molecular complexity index is 697. The number of methoxy groups -OCH3 is 1. The maximum Gasteiger partial charge on any atom is 0.120 e. The number of benzene rings is 2. The van der Waals surface area contributed by atoms with Crippen molar-refractivity contribution in [3.63, 3.8) is 0 Å².